The van der Waals surface area contributed by atoms with Gasteiger partial charge in [0.05, 0.1) is 12.9 Å². The van der Waals surface area contributed by atoms with Gasteiger partial charge in [0.2, 0.25) is 0 Å². The summed E-state index contributed by atoms with van der Waals surface area (Å²) in [4.78, 5) is 0. The second-order valence-electron chi connectivity index (χ2n) is 3.93. The Bertz CT molecular complexity index is 373. The lowest BCUT2D eigenvalue weighted by molar-refractivity contribution is 0.404. The molecular weight excluding hydrogens is 188 g/mol. The summed E-state index contributed by atoms with van der Waals surface area (Å²) in [5.41, 5.74) is 8.04. The molecule has 3 N–H and O–H groups in total. The van der Waals surface area contributed by atoms with Crippen LogP contribution in [0, 0.1) is 5.41 Å². The molecule has 1 atom stereocenters. The van der Waals surface area contributed by atoms with Crippen molar-refractivity contribution in [2.45, 2.75) is 25.2 Å². The van der Waals surface area contributed by atoms with Crippen LogP contribution in [0.25, 0.3) is 0 Å². The zero-order valence-corrected chi connectivity index (χ0v) is 8.92. The van der Waals surface area contributed by atoms with Crippen molar-refractivity contribution in [3.8, 4) is 5.75 Å². The predicted octanol–water partition coefficient (Wildman–Crippen LogP) is 2.05. The molecule has 1 aliphatic carbocycles. The second-order valence-corrected chi connectivity index (χ2v) is 3.93. The summed E-state index contributed by atoms with van der Waals surface area (Å²) in [5, 5.41) is 7.61. The van der Waals surface area contributed by atoms with Crippen LogP contribution in [-0.2, 0) is 6.42 Å². The van der Waals surface area contributed by atoms with E-state index in [1.807, 2.05) is 12.1 Å². The van der Waals surface area contributed by atoms with Gasteiger partial charge in [-0.15, -0.1) is 0 Å². The Balaban J connectivity index is 2.52. The molecule has 0 saturated carbocycles. The summed E-state index contributed by atoms with van der Waals surface area (Å²) in [6.45, 7) is 0. The normalized spacial score (nSPS) is 19.4. The molecule has 80 valence electrons. The van der Waals surface area contributed by atoms with Gasteiger partial charge in [0, 0.05) is 11.5 Å². The lowest BCUT2D eigenvalue weighted by Crippen LogP contribution is -2.25. The van der Waals surface area contributed by atoms with Crippen LogP contribution in [-0.4, -0.2) is 12.9 Å². The van der Waals surface area contributed by atoms with Crippen LogP contribution in [0.1, 0.15) is 29.9 Å². The van der Waals surface area contributed by atoms with Crippen molar-refractivity contribution in [3.05, 3.63) is 29.3 Å². The fraction of sp³-hybridized carbons (Fsp3) is 0.417. The average Bonchev–Trinajstić information content (AvgIpc) is 2.27. The van der Waals surface area contributed by atoms with E-state index in [1.54, 1.807) is 7.11 Å². The van der Waals surface area contributed by atoms with Gasteiger partial charge < -0.3 is 10.5 Å². The standard InChI is InChI=1S/C12H16N2O/c1-15-10-7-3-5-8-4-2-6-9(11(8)10)12(13)14/h3,5,7,9H,2,4,6H2,1H3,(H3,13,14). The Labute approximate surface area is 89.8 Å². The summed E-state index contributed by atoms with van der Waals surface area (Å²) in [7, 11) is 1.67. The van der Waals surface area contributed by atoms with Gasteiger partial charge in [-0.05, 0) is 30.9 Å². The molecule has 1 aliphatic rings. The van der Waals surface area contributed by atoms with Crippen LogP contribution in [0.5, 0.6) is 5.75 Å². The lowest BCUT2D eigenvalue weighted by Gasteiger charge is -2.26. The molecule has 0 bridgehead atoms. The molecule has 2 rings (SSSR count). The highest BCUT2D eigenvalue weighted by atomic mass is 16.5. The lowest BCUT2D eigenvalue weighted by atomic mass is 9.81. The van der Waals surface area contributed by atoms with E-state index < -0.39 is 0 Å². The number of ether oxygens (including phenoxy) is 1. The first-order valence-corrected chi connectivity index (χ1v) is 5.23. The maximum absolute atomic E-state index is 7.61. The van der Waals surface area contributed by atoms with Crippen molar-refractivity contribution in [1.29, 1.82) is 5.41 Å². The Kier molecular flexibility index (Phi) is 2.62. The quantitative estimate of drug-likeness (QED) is 0.572. The van der Waals surface area contributed by atoms with E-state index in [0.29, 0.717) is 0 Å². The van der Waals surface area contributed by atoms with Crippen LogP contribution >= 0.6 is 0 Å². The monoisotopic (exact) mass is 204 g/mol. The van der Waals surface area contributed by atoms with Crippen molar-refractivity contribution in [3.63, 3.8) is 0 Å². The van der Waals surface area contributed by atoms with Gasteiger partial charge in [0.1, 0.15) is 5.75 Å². The summed E-state index contributed by atoms with van der Waals surface area (Å²) in [5.74, 6) is 1.16. The van der Waals surface area contributed by atoms with Gasteiger partial charge in [-0.2, -0.15) is 0 Å². The SMILES string of the molecule is COc1cccc2c1C(C(=N)N)CCC2. The minimum Gasteiger partial charge on any atom is -0.496 e. The first-order valence-electron chi connectivity index (χ1n) is 5.23. The van der Waals surface area contributed by atoms with E-state index >= 15 is 0 Å². The minimum atomic E-state index is 0.0462. The maximum Gasteiger partial charge on any atom is 0.123 e. The van der Waals surface area contributed by atoms with E-state index in [0.717, 1.165) is 30.6 Å². The third kappa shape index (κ3) is 1.69. The van der Waals surface area contributed by atoms with E-state index in [-0.39, 0.29) is 11.8 Å². The van der Waals surface area contributed by atoms with E-state index in [2.05, 4.69) is 6.07 Å². The summed E-state index contributed by atoms with van der Waals surface area (Å²) in [6.07, 6.45) is 3.13. The largest absolute Gasteiger partial charge is 0.496 e. The Morgan fingerprint density at radius 2 is 2.33 bits per heavy atom. The third-order valence-electron chi connectivity index (χ3n) is 3.04. The number of hydrogen-bond donors (Lipinski definition) is 2. The van der Waals surface area contributed by atoms with Crippen LogP contribution in [0.2, 0.25) is 0 Å². The highest BCUT2D eigenvalue weighted by Crippen LogP contribution is 2.37. The molecule has 1 aromatic carbocycles. The maximum atomic E-state index is 7.61. The second kappa shape index (κ2) is 3.93. The van der Waals surface area contributed by atoms with Crippen molar-refractivity contribution < 1.29 is 4.74 Å². The first kappa shape index (κ1) is 10.0. The fourth-order valence-electron chi connectivity index (χ4n) is 2.33. The van der Waals surface area contributed by atoms with Gasteiger partial charge in [-0.1, -0.05) is 12.1 Å². The van der Waals surface area contributed by atoms with Crippen molar-refractivity contribution >= 4 is 5.84 Å². The number of hydrogen-bond acceptors (Lipinski definition) is 2. The molecule has 0 spiro atoms. The molecule has 0 aliphatic heterocycles. The number of rotatable bonds is 2. The molecule has 3 heteroatoms. The first-order chi connectivity index (χ1) is 7.24. The molecular formula is C12H16N2O. The number of aryl methyl sites for hydroxylation is 1. The highest BCUT2D eigenvalue weighted by Gasteiger charge is 2.25. The minimum absolute atomic E-state index is 0.0462. The predicted molar refractivity (Wildman–Crippen MR) is 60.6 cm³/mol. The average molecular weight is 204 g/mol. The Hall–Kier alpha value is -1.51. The van der Waals surface area contributed by atoms with E-state index in [4.69, 9.17) is 15.9 Å². The van der Waals surface area contributed by atoms with Crippen LogP contribution in [0.4, 0.5) is 0 Å². The van der Waals surface area contributed by atoms with Crippen molar-refractivity contribution in [2.75, 3.05) is 7.11 Å². The fourth-order valence-corrected chi connectivity index (χ4v) is 2.33. The molecule has 15 heavy (non-hydrogen) atoms. The molecule has 0 amide bonds. The van der Waals surface area contributed by atoms with Crippen LogP contribution in [0.15, 0.2) is 18.2 Å². The summed E-state index contributed by atoms with van der Waals surface area (Å²) in [6, 6.07) is 6.05. The van der Waals surface area contributed by atoms with Crippen molar-refractivity contribution in [2.24, 2.45) is 5.73 Å². The molecule has 0 saturated heterocycles. The molecule has 3 nitrogen and oxygen atoms in total. The number of fused-ring (bicyclic) bond motifs is 1. The van der Waals surface area contributed by atoms with Gasteiger partial charge in [0.25, 0.3) is 0 Å². The smallest absolute Gasteiger partial charge is 0.123 e. The van der Waals surface area contributed by atoms with Gasteiger partial charge in [-0.25, -0.2) is 0 Å². The highest BCUT2D eigenvalue weighted by molar-refractivity contribution is 5.86. The number of benzene rings is 1. The number of nitrogens with two attached hydrogens (primary N) is 1. The Morgan fingerprint density at radius 3 is 3.00 bits per heavy atom. The van der Waals surface area contributed by atoms with Gasteiger partial charge >= 0.3 is 0 Å². The van der Waals surface area contributed by atoms with E-state index in [9.17, 15) is 0 Å². The molecule has 0 aromatic heterocycles. The number of amidine groups is 1. The summed E-state index contributed by atoms with van der Waals surface area (Å²) >= 11 is 0. The topological polar surface area (TPSA) is 59.1 Å². The number of nitrogens with one attached hydrogen (secondary N) is 1. The zero-order valence-electron chi connectivity index (χ0n) is 8.92. The van der Waals surface area contributed by atoms with Gasteiger partial charge in [-0.3, -0.25) is 5.41 Å². The zero-order chi connectivity index (χ0) is 10.8. The van der Waals surface area contributed by atoms with Crippen LogP contribution in [0.3, 0.4) is 0 Å². The summed E-state index contributed by atoms with van der Waals surface area (Å²) < 4.78 is 5.34. The third-order valence-corrected chi connectivity index (χ3v) is 3.04. The number of methoxy groups -OCH3 is 1. The van der Waals surface area contributed by atoms with E-state index in [1.165, 1.54) is 5.56 Å². The van der Waals surface area contributed by atoms with Crippen molar-refractivity contribution in [1.82, 2.24) is 0 Å². The molecule has 0 fully saturated rings. The molecule has 0 heterocycles. The molecule has 1 aromatic rings. The Morgan fingerprint density at radius 1 is 1.53 bits per heavy atom. The molecule has 1 unspecified atom stereocenters. The van der Waals surface area contributed by atoms with Crippen LogP contribution < -0.4 is 10.5 Å². The molecule has 0 radical (unpaired) electrons. The van der Waals surface area contributed by atoms with Gasteiger partial charge in [0.15, 0.2) is 0 Å².